The first-order chi connectivity index (χ1) is 13.8. The van der Waals surface area contributed by atoms with Crippen molar-refractivity contribution in [2.45, 2.75) is 36.0 Å². The summed E-state index contributed by atoms with van der Waals surface area (Å²) >= 11 is 1.22. The summed E-state index contributed by atoms with van der Waals surface area (Å²) in [5.74, 6) is 1.41. The lowest BCUT2D eigenvalue weighted by Gasteiger charge is -2.22. The Morgan fingerprint density at radius 3 is 2.41 bits per heavy atom. The first-order valence-corrected chi connectivity index (χ1v) is 10.2. The Kier molecular flexibility index (Phi) is 5.04. The van der Waals surface area contributed by atoms with Crippen molar-refractivity contribution in [2.24, 2.45) is 0 Å². The fraction of sp³-hybridized carbons (Fsp3) is 0.261. The average molecular weight is 410 g/mol. The summed E-state index contributed by atoms with van der Waals surface area (Å²) in [6.07, 6.45) is 0. The van der Waals surface area contributed by atoms with Crippen molar-refractivity contribution in [2.75, 3.05) is 13.2 Å². The lowest BCUT2D eigenvalue weighted by atomic mass is 9.87. The van der Waals surface area contributed by atoms with Crippen LogP contribution in [-0.4, -0.2) is 18.3 Å². The molecule has 29 heavy (non-hydrogen) atoms. The minimum atomic E-state index is -0.580. The summed E-state index contributed by atoms with van der Waals surface area (Å²) in [7, 11) is 0. The summed E-state index contributed by atoms with van der Waals surface area (Å²) in [6.45, 7) is 7.30. The molecule has 4 rings (SSSR count). The van der Waals surface area contributed by atoms with Crippen LogP contribution in [0.3, 0.4) is 0 Å². The van der Waals surface area contributed by atoms with Crippen LogP contribution in [0, 0.1) is 0 Å². The molecule has 0 spiro atoms. The van der Waals surface area contributed by atoms with E-state index >= 15 is 0 Å². The molecule has 0 saturated heterocycles. The Bertz CT molecular complexity index is 1110. The molecule has 6 heteroatoms. The van der Waals surface area contributed by atoms with E-state index in [0.29, 0.717) is 30.3 Å². The van der Waals surface area contributed by atoms with E-state index in [0.717, 1.165) is 10.5 Å². The van der Waals surface area contributed by atoms with Gasteiger partial charge in [-0.15, -0.1) is 0 Å². The molecule has 1 aromatic heterocycles. The second-order valence-corrected chi connectivity index (χ2v) is 8.87. The van der Waals surface area contributed by atoms with Crippen LogP contribution in [0.2, 0.25) is 0 Å². The van der Waals surface area contributed by atoms with Gasteiger partial charge in [0.1, 0.15) is 29.6 Å². The zero-order valence-electron chi connectivity index (χ0n) is 16.5. The monoisotopic (exact) mass is 410 g/mol. The molecule has 0 bridgehead atoms. The number of ether oxygens (including phenoxy) is 2. The molecular formula is C23H22O5S. The smallest absolute Gasteiger partial charge is 0.354 e. The third kappa shape index (κ3) is 3.98. The van der Waals surface area contributed by atoms with E-state index < -0.39 is 5.63 Å². The van der Waals surface area contributed by atoms with Crippen molar-refractivity contribution in [1.82, 2.24) is 0 Å². The number of hydrogen-bond acceptors (Lipinski definition) is 6. The van der Waals surface area contributed by atoms with Gasteiger partial charge in [-0.2, -0.15) is 0 Å². The van der Waals surface area contributed by atoms with Crippen LogP contribution in [0.5, 0.6) is 17.2 Å². The highest BCUT2D eigenvalue weighted by molar-refractivity contribution is 7.99. The van der Waals surface area contributed by atoms with Gasteiger partial charge in [0.05, 0.1) is 0 Å². The largest absolute Gasteiger partial charge is 0.506 e. The van der Waals surface area contributed by atoms with Gasteiger partial charge >= 0.3 is 5.63 Å². The summed E-state index contributed by atoms with van der Waals surface area (Å²) in [5, 5.41) is 10.6. The van der Waals surface area contributed by atoms with Crippen LogP contribution < -0.4 is 15.1 Å². The molecule has 150 valence electrons. The van der Waals surface area contributed by atoms with E-state index in [1.165, 1.54) is 17.8 Å². The van der Waals surface area contributed by atoms with Gasteiger partial charge in [-0.1, -0.05) is 50.7 Å². The second kappa shape index (κ2) is 7.52. The van der Waals surface area contributed by atoms with Crippen molar-refractivity contribution in [3.63, 3.8) is 0 Å². The SMILES string of the molecule is CC(C)(C)c1ccccc1Sc1c(O)cc(-c2ccc3c(c2)OCCO3)oc1=O. The van der Waals surface area contributed by atoms with Gasteiger partial charge in [-0.3, -0.25) is 0 Å². The minimum Gasteiger partial charge on any atom is -0.506 e. The normalized spacial score (nSPS) is 13.3. The molecule has 1 N–H and O–H groups in total. The van der Waals surface area contributed by atoms with Crippen molar-refractivity contribution in [3.8, 4) is 28.6 Å². The first kappa shape index (κ1) is 19.5. The predicted molar refractivity (Wildman–Crippen MR) is 112 cm³/mol. The van der Waals surface area contributed by atoms with Crippen molar-refractivity contribution in [3.05, 3.63) is 64.5 Å². The molecule has 0 amide bonds. The van der Waals surface area contributed by atoms with Gasteiger partial charge in [0.15, 0.2) is 11.5 Å². The van der Waals surface area contributed by atoms with Gasteiger partial charge in [0.25, 0.3) is 0 Å². The lowest BCUT2D eigenvalue weighted by molar-refractivity contribution is 0.171. The maximum Gasteiger partial charge on any atom is 0.354 e. The quantitative estimate of drug-likeness (QED) is 0.637. The highest BCUT2D eigenvalue weighted by Gasteiger charge is 2.21. The Morgan fingerprint density at radius 1 is 0.966 bits per heavy atom. The number of fused-ring (bicyclic) bond motifs is 1. The van der Waals surface area contributed by atoms with E-state index in [-0.39, 0.29) is 21.8 Å². The number of hydrogen-bond donors (Lipinski definition) is 1. The van der Waals surface area contributed by atoms with Gasteiger partial charge in [0, 0.05) is 16.5 Å². The maximum absolute atomic E-state index is 12.7. The van der Waals surface area contributed by atoms with Crippen LogP contribution in [-0.2, 0) is 5.41 Å². The van der Waals surface area contributed by atoms with Crippen molar-refractivity contribution >= 4 is 11.8 Å². The van der Waals surface area contributed by atoms with E-state index in [1.807, 2.05) is 24.3 Å². The molecule has 0 unspecified atom stereocenters. The van der Waals surface area contributed by atoms with Crippen LogP contribution in [0.25, 0.3) is 11.3 Å². The van der Waals surface area contributed by atoms with Crippen LogP contribution in [0.15, 0.2) is 67.5 Å². The zero-order valence-corrected chi connectivity index (χ0v) is 17.3. The molecule has 0 atom stereocenters. The molecule has 5 nitrogen and oxygen atoms in total. The number of benzene rings is 2. The fourth-order valence-corrected chi connectivity index (χ4v) is 4.33. The standard InChI is InChI=1S/C23H22O5S/c1-23(2,3)15-6-4-5-7-20(15)29-21-16(24)13-18(28-22(21)25)14-8-9-17-19(12-14)27-11-10-26-17/h4-9,12-13,24H,10-11H2,1-3H3. The van der Waals surface area contributed by atoms with Crippen LogP contribution in [0.1, 0.15) is 26.3 Å². The molecule has 3 aromatic rings. The van der Waals surface area contributed by atoms with Gasteiger partial charge < -0.3 is 19.0 Å². The first-order valence-electron chi connectivity index (χ1n) is 9.37. The molecular weight excluding hydrogens is 388 g/mol. The zero-order chi connectivity index (χ0) is 20.6. The Balaban J connectivity index is 1.70. The molecule has 1 aliphatic rings. The van der Waals surface area contributed by atoms with E-state index in [9.17, 15) is 9.90 Å². The van der Waals surface area contributed by atoms with Crippen LogP contribution >= 0.6 is 11.8 Å². The molecule has 0 aliphatic carbocycles. The van der Waals surface area contributed by atoms with Crippen molar-refractivity contribution in [1.29, 1.82) is 0 Å². The van der Waals surface area contributed by atoms with Gasteiger partial charge in [0.2, 0.25) is 0 Å². The van der Waals surface area contributed by atoms with Gasteiger partial charge in [-0.05, 0) is 35.2 Å². The highest BCUT2D eigenvalue weighted by Crippen LogP contribution is 2.40. The Labute approximate surface area is 173 Å². The van der Waals surface area contributed by atoms with Crippen molar-refractivity contribution < 1.29 is 19.0 Å². The molecule has 0 fully saturated rings. The minimum absolute atomic E-state index is 0.0927. The van der Waals surface area contributed by atoms with Gasteiger partial charge in [-0.25, -0.2) is 4.79 Å². The molecule has 1 aliphatic heterocycles. The Hall–Kier alpha value is -2.86. The summed E-state index contributed by atoms with van der Waals surface area (Å²) in [5.41, 5.74) is 1.06. The molecule has 0 saturated carbocycles. The fourth-order valence-electron chi connectivity index (χ4n) is 3.19. The average Bonchev–Trinajstić information content (AvgIpc) is 2.70. The maximum atomic E-state index is 12.7. The molecule has 0 radical (unpaired) electrons. The second-order valence-electron chi connectivity index (χ2n) is 7.82. The predicted octanol–water partition coefficient (Wildman–Crippen LogP) is 5.23. The number of rotatable bonds is 3. The summed E-state index contributed by atoms with van der Waals surface area (Å²) < 4.78 is 16.6. The summed E-state index contributed by atoms with van der Waals surface area (Å²) in [4.78, 5) is 13.8. The highest BCUT2D eigenvalue weighted by atomic mass is 32.2. The summed E-state index contributed by atoms with van der Waals surface area (Å²) in [6, 6.07) is 14.6. The van der Waals surface area contributed by atoms with E-state index in [4.69, 9.17) is 13.9 Å². The molecule has 2 heterocycles. The topological polar surface area (TPSA) is 68.9 Å². The number of aromatic hydroxyl groups is 1. The van der Waals surface area contributed by atoms with E-state index in [1.54, 1.807) is 18.2 Å². The third-order valence-corrected chi connectivity index (χ3v) is 5.78. The lowest BCUT2D eigenvalue weighted by Crippen LogP contribution is -2.15. The third-order valence-electron chi connectivity index (χ3n) is 4.62. The van der Waals surface area contributed by atoms with Crippen LogP contribution in [0.4, 0.5) is 0 Å². The Morgan fingerprint density at radius 2 is 1.69 bits per heavy atom. The molecule has 2 aromatic carbocycles. The van der Waals surface area contributed by atoms with E-state index in [2.05, 4.69) is 20.8 Å².